The summed E-state index contributed by atoms with van der Waals surface area (Å²) in [6.07, 6.45) is 4.51. The number of halogens is 1. The number of hydrogen-bond acceptors (Lipinski definition) is 12. The SMILES string of the molecule is C#C[C@@]1(F)[C@H](O)[C@@H](COP(=O)(O)OP(=O)(O)OP(=O)(O)O)[C@H](C)[C@H]1n1cnc2c(N)nc(N)nc21. The van der Waals surface area contributed by atoms with Gasteiger partial charge in [0.1, 0.15) is 11.6 Å². The standard InChI is InChI=1S/C14H20FN6O11P3/c1-3-14(15)9(21-5-18-8-11(16)19-13(17)20-12(8)21)6(2)7(10(14)22)4-30-34(26,27)32-35(28,29)31-33(23,24)25/h1,5-7,9-10,22H,4H2,2H3,(H,26,27)(H,28,29)(H2,23,24,25)(H4,16,17,19,20)/t6-,7-,9+,10+,14-/m0/s1. The van der Waals surface area contributed by atoms with Crippen molar-refractivity contribution >= 4 is 46.4 Å². The predicted octanol–water partition coefficient (Wildman–Crippen LogP) is -0.157. The fraction of sp³-hybridized carbons (Fsp3) is 0.500. The van der Waals surface area contributed by atoms with Gasteiger partial charge in [0.15, 0.2) is 11.5 Å². The number of anilines is 2. The zero-order chi connectivity index (χ0) is 26.6. The number of phosphoric acid groups is 3. The Labute approximate surface area is 195 Å². The van der Waals surface area contributed by atoms with E-state index in [4.69, 9.17) is 27.7 Å². The lowest BCUT2D eigenvalue weighted by atomic mass is 9.94. The van der Waals surface area contributed by atoms with E-state index >= 15 is 4.39 Å². The zero-order valence-corrected chi connectivity index (χ0v) is 20.2. The molecule has 7 atom stereocenters. The fourth-order valence-electron chi connectivity index (χ4n) is 3.90. The molecule has 0 spiro atoms. The number of alkyl halides is 1. The van der Waals surface area contributed by atoms with Crippen LogP contribution < -0.4 is 11.5 Å². The normalized spacial score (nSPS) is 30.6. The summed E-state index contributed by atoms with van der Waals surface area (Å²) in [5.74, 6) is -0.778. The Hall–Kier alpha value is -1.99. The highest BCUT2D eigenvalue weighted by molar-refractivity contribution is 7.66. The van der Waals surface area contributed by atoms with Crippen LogP contribution >= 0.6 is 23.5 Å². The van der Waals surface area contributed by atoms with Crippen molar-refractivity contribution in [2.75, 3.05) is 18.1 Å². The van der Waals surface area contributed by atoms with Gasteiger partial charge in [-0.3, -0.25) is 4.52 Å². The molecule has 3 rings (SSSR count). The zero-order valence-electron chi connectivity index (χ0n) is 17.5. The van der Waals surface area contributed by atoms with Gasteiger partial charge in [0.25, 0.3) is 0 Å². The Bertz CT molecular complexity index is 1330. The highest BCUT2D eigenvalue weighted by atomic mass is 31.3. The van der Waals surface area contributed by atoms with Crippen LogP contribution in [-0.2, 0) is 26.8 Å². The maximum absolute atomic E-state index is 15.9. The van der Waals surface area contributed by atoms with E-state index in [0.717, 1.165) is 6.33 Å². The number of fused-ring (bicyclic) bond motifs is 1. The summed E-state index contributed by atoms with van der Waals surface area (Å²) in [4.78, 5) is 47.8. The molecule has 2 aromatic rings. The number of imidazole rings is 1. The van der Waals surface area contributed by atoms with E-state index in [-0.39, 0.29) is 22.9 Å². The number of aromatic nitrogens is 4. The van der Waals surface area contributed by atoms with Gasteiger partial charge in [-0.1, -0.05) is 12.8 Å². The van der Waals surface area contributed by atoms with Crippen molar-refractivity contribution in [2.45, 2.75) is 24.7 Å². The fourth-order valence-corrected chi connectivity index (χ4v) is 6.96. The van der Waals surface area contributed by atoms with Crippen molar-refractivity contribution in [3.63, 3.8) is 0 Å². The molecule has 17 nitrogen and oxygen atoms in total. The predicted molar refractivity (Wildman–Crippen MR) is 114 cm³/mol. The number of rotatable bonds is 8. The number of nitrogens with two attached hydrogens (primary N) is 2. The van der Waals surface area contributed by atoms with Crippen LogP contribution in [0.25, 0.3) is 11.2 Å². The molecule has 2 unspecified atom stereocenters. The summed E-state index contributed by atoms with van der Waals surface area (Å²) < 4.78 is 63.2. The Balaban J connectivity index is 1.89. The first kappa shape index (κ1) is 27.6. The molecular formula is C14H20FN6O11P3. The molecule has 0 radical (unpaired) electrons. The molecular weight excluding hydrogens is 540 g/mol. The topological polar surface area (TPSA) is 276 Å². The van der Waals surface area contributed by atoms with Gasteiger partial charge in [-0.15, -0.1) is 6.42 Å². The van der Waals surface area contributed by atoms with Gasteiger partial charge in [-0.05, 0) is 5.92 Å². The molecule has 0 bridgehead atoms. The van der Waals surface area contributed by atoms with Crippen LogP contribution in [0.4, 0.5) is 16.2 Å². The molecule has 1 saturated carbocycles. The Kier molecular flexibility index (Phi) is 7.21. The molecule has 21 heteroatoms. The van der Waals surface area contributed by atoms with E-state index < -0.39 is 59.7 Å². The van der Waals surface area contributed by atoms with Crippen LogP contribution in [-0.4, -0.2) is 62.6 Å². The Morgan fingerprint density at radius 2 is 1.83 bits per heavy atom. The summed E-state index contributed by atoms with van der Waals surface area (Å²) in [5.41, 5.74) is 8.62. The molecule has 1 aliphatic rings. The van der Waals surface area contributed by atoms with Crippen molar-refractivity contribution in [1.29, 1.82) is 0 Å². The smallest absolute Gasteiger partial charge is 0.388 e. The molecule has 0 amide bonds. The van der Waals surface area contributed by atoms with E-state index in [1.165, 1.54) is 11.5 Å². The molecule has 1 aliphatic carbocycles. The minimum atomic E-state index is -5.77. The first-order valence-corrected chi connectivity index (χ1v) is 13.8. The van der Waals surface area contributed by atoms with Gasteiger partial charge in [-0.25, -0.2) is 23.1 Å². The van der Waals surface area contributed by atoms with Gasteiger partial charge in [0.05, 0.1) is 19.0 Å². The molecule has 35 heavy (non-hydrogen) atoms. The minimum absolute atomic E-state index is 0.00939. The summed E-state index contributed by atoms with van der Waals surface area (Å²) in [7, 11) is -16.9. The molecule has 1 fully saturated rings. The van der Waals surface area contributed by atoms with E-state index in [1.807, 2.05) is 5.92 Å². The molecule has 2 heterocycles. The maximum Gasteiger partial charge on any atom is 0.490 e. The highest BCUT2D eigenvalue weighted by Crippen LogP contribution is 2.66. The Morgan fingerprint density at radius 1 is 1.20 bits per heavy atom. The van der Waals surface area contributed by atoms with Crippen molar-refractivity contribution in [3.05, 3.63) is 6.33 Å². The summed E-state index contributed by atoms with van der Waals surface area (Å²) in [6.45, 7) is 0.457. The van der Waals surface area contributed by atoms with Gasteiger partial charge in [0.2, 0.25) is 11.6 Å². The monoisotopic (exact) mass is 560 g/mol. The van der Waals surface area contributed by atoms with Crippen LogP contribution in [0.5, 0.6) is 0 Å². The lowest BCUT2D eigenvalue weighted by Crippen LogP contribution is -2.40. The first-order valence-electron chi connectivity index (χ1n) is 9.29. The average Bonchev–Trinajstić information content (AvgIpc) is 3.15. The lowest BCUT2D eigenvalue weighted by molar-refractivity contribution is 0.00292. The molecule has 9 N–H and O–H groups in total. The van der Waals surface area contributed by atoms with E-state index in [0.29, 0.717) is 0 Å². The average molecular weight is 560 g/mol. The Morgan fingerprint density at radius 3 is 2.40 bits per heavy atom. The van der Waals surface area contributed by atoms with Crippen LogP contribution in [0.2, 0.25) is 0 Å². The van der Waals surface area contributed by atoms with Gasteiger partial charge >= 0.3 is 23.5 Å². The van der Waals surface area contributed by atoms with Crippen molar-refractivity contribution in [2.24, 2.45) is 11.8 Å². The number of hydrogen-bond donors (Lipinski definition) is 7. The number of aliphatic hydroxyl groups is 1. The van der Waals surface area contributed by atoms with Crippen molar-refractivity contribution < 1.29 is 55.9 Å². The largest absolute Gasteiger partial charge is 0.490 e. The summed E-state index contributed by atoms with van der Waals surface area (Å²) in [5, 5.41) is 10.7. The first-order chi connectivity index (χ1) is 15.9. The minimum Gasteiger partial charge on any atom is -0.388 e. The highest BCUT2D eigenvalue weighted by Gasteiger charge is 2.60. The summed E-state index contributed by atoms with van der Waals surface area (Å²) in [6, 6.07) is -1.38. The van der Waals surface area contributed by atoms with Crippen LogP contribution in [0.3, 0.4) is 0 Å². The number of phosphoric ester groups is 1. The van der Waals surface area contributed by atoms with Gasteiger partial charge in [0, 0.05) is 5.92 Å². The van der Waals surface area contributed by atoms with Crippen molar-refractivity contribution in [3.8, 4) is 12.3 Å². The third-order valence-electron chi connectivity index (χ3n) is 5.27. The third-order valence-corrected chi connectivity index (χ3v) is 9.08. The van der Waals surface area contributed by atoms with Crippen molar-refractivity contribution in [1.82, 2.24) is 19.5 Å². The van der Waals surface area contributed by atoms with Gasteiger partial charge < -0.3 is 40.7 Å². The van der Waals surface area contributed by atoms with Crippen LogP contribution in [0.1, 0.15) is 13.0 Å². The second kappa shape index (κ2) is 9.15. The van der Waals surface area contributed by atoms with Gasteiger partial charge in [-0.2, -0.15) is 18.6 Å². The quantitative estimate of drug-likeness (QED) is 0.163. The van der Waals surface area contributed by atoms with E-state index in [9.17, 15) is 28.6 Å². The summed E-state index contributed by atoms with van der Waals surface area (Å²) >= 11 is 0. The third kappa shape index (κ3) is 5.56. The van der Waals surface area contributed by atoms with Crippen LogP contribution in [0, 0.1) is 24.2 Å². The lowest BCUT2D eigenvalue weighted by Gasteiger charge is -2.27. The number of aliphatic hydroxyl groups excluding tert-OH is 1. The molecule has 0 saturated heterocycles. The molecule has 2 aromatic heterocycles. The molecule has 0 aliphatic heterocycles. The molecule has 0 aromatic carbocycles. The number of terminal acetylenes is 1. The van der Waals surface area contributed by atoms with E-state index in [2.05, 4.69) is 28.1 Å². The van der Waals surface area contributed by atoms with E-state index in [1.54, 1.807) is 0 Å². The number of nitrogens with zero attached hydrogens (tertiary/aromatic N) is 4. The maximum atomic E-state index is 15.9. The second-order valence-electron chi connectivity index (χ2n) is 7.50. The molecule has 194 valence electrons. The van der Waals surface area contributed by atoms with Crippen LogP contribution in [0.15, 0.2) is 6.33 Å². The second-order valence-corrected chi connectivity index (χ2v) is 11.9. The number of nitrogen functional groups attached to an aromatic ring is 2.